The van der Waals surface area contributed by atoms with Gasteiger partial charge in [-0.2, -0.15) is 0 Å². The minimum atomic E-state index is 0.662. The highest BCUT2D eigenvalue weighted by Crippen LogP contribution is 2.18. The van der Waals surface area contributed by atoms with Gasteiger partial charge in [0.2, 0.25) is 0 Å². The van der Waals surface area contributed by atoms with E-state index in [0.717, 1.165) is 25.4 Å². The summed E-state index contributed by atoms with van der Waals surface area (Å²) >= 11 is 0. The molecule has 0 aromatic rings. The molecule has 1 fully saturated rings. The van der Waals surface area contributed by atoms with Gasteiger partial charge < -0.3 is 5.32 Å². The van der Waals surface area contributed by atoms with Gasteiger partial charge in [0.25, 0.3) is 0 Å². The maximum Gasteiger partial charge on any atom is 0.0244 e. The van der Waals surface area contributed by atoms with Crippen LogP contribution >= 0.6 is 0 Å². The molecule has 2 atom stereocenters. The molecule has 0 aliphatic carbocycles. The zero-order valence-corrected chi connectivity index (χ0v) is 12.8. The predicted octanol–water partition coefficient (Wildman–Crippen LogP) is 2.74. The zero-order valence-electron chi connectivity index (χ0n) is 12.8. The Morgan fingerprint density at radius 2 is 2.00 bits per heavy atom. The lowest BCUT2D eigenvalue weighted by atomic mass is 9.95. The third kappa shape index (κ3) is 5.00. The Kier molecular flexibility index (Phi) is 6.75. The minimum absolute atomic E-state index is 0.662. The quantitative estimate of drug-likeness (QED) is 0.755. The zero-order chi connectivity index (χ0) is 13.5. The second-order valence-electron chi connectivity index (χ2n) is 6.22. The summed E-state index contributed by atoms with van der Waals surface area (Å²) < 4.78 is 0. The molecule has 1 aliphatic rings. The third-order valence-electron chi connectivity index (χ3n) is 3.77. The van der Waals surface area contributed by atoms with Crippen molar-refractivity contribution in [2.45, 2.75) is 59.5 Å². The van der Waals surface area contributed by atoms with Gasteiger partial charge in [-0.25, -0.2) is 0 Å². The van der Waals surface area contributed by atoms with Gasteiger partial charge in [-0.05, 0) is 25.2 Å². The minimum Gasteiger partial charge on any atom is -0.311 e. The molecule has 1 N–H and O–H groups in total. The van der Waals surface area contributed by atoms with Crippen LogP contribution in [0.25, 0.3) is 0 Å². The maximum absolute atomic E-state index is 3.72. The monoisotopic (exact) mass is 250 g/mol. The van der Waals surface area contributed by atoms with Crippen molar-refractivity contribution in [1.29, 1.82) is 0 Å². The van der Waals surface area contributed by atoms with Gasteiger partial charge in [0.05, 0.1) is 0 Å². The summed E-state index contributed by atoms with van der Waals surface area (Å²) in [5.74, 6) is 7.69. The molecule has 0 amide bonds. The summed E-state index contributed by atoms with van der Waals surface area (Å²) in [4.78, 5) is 2.65. The highest BCUT2D eigenvalue weighted by atomic mass is 15.2. The first kappa shape index (κ1) is 15.5. The Balaban J connectivity index is 2.54. The van der Waals surface area contributed by atoms with Crippen LogP contribution in [0.5, 0.6) is 0 Å². The second-order valence-corrected chi connectivity index (χ2v) is 6.22. The van der Waals surface area contributed by atoms with Crippen molar-refractivity contribution >= 4 is 0 Å². The molecule has 18 heavy (non-hydrogen) atoms. The van der Waals surface area contributed by atoms with Crippen molar-refractivity contribution < 1.29 is 0 Å². The fourth-order valence-electron chi connectivity index (χ4n) is 2.87. The molecule has 1 rings (SSSR count). The first-order chi connectivity index (χ1) is 8.54. The predicted molar refractivity (Wildman–Crippen MR) is 79.5 cm³/mol. The summed E-state index contributed by atoms with van der Waals surface area (Å²) in [5, 5.41) is 3.72. The van der Waals surface area contributed by atoms with Gasteiger partial charge in [0, 0.05) is 38.1 Å². The van der Waals surface area contributed by atoms with E-state index in [-0.39, 0.29) is 0 Å². The van der Waals surface area contributed by atoms with Crippen LogP contribution in [0, 0.1) is 23.7 Å². The highest BCUT2D eigenvalue weighted by Gasteiger charge is 2.29. The molecule has 0 saturated carbocycles. The van der Waals surface area contributed by atoms with Crippen LogP contribution in [-0.2, 0) is 0 Å². The Bertz CT molecular complexity index is 285. The molecule has 0 radical (unpaired) electrons. The van der Waals surface area contributed by atoms with Crippen LogP contribution < -0.4 is 5.32 Å². The molecule has 2 nitrogen and oxygen atoms in total. The smallest absolute Gasteiger partial charge is 0.0244 e. The highest BCUT2D eigenvalue weighted by molar-refractivity contribution is 4.97. The number of nitrogens with zero attached hydrogens (tertiary/aromatic N) is 1. The van der Waals surface area contributed by atoms with E-state index in [1.54, 1.807) is 0 Å². The van der Waals surface area contributed by atoms with E-state index in [1.165, 1.54) is 13.0 Å². The third-order valence-corrected chi connectivity index (χ3v) is 3.77. The van der Waals surface area contributed by atoms with E-state index in [9.17, 15) is 0 Å². The summed E-state index contributed by atoms with van der Waals surface area (Å²) in [7, 11) is 0. The van der Waals surface area contributed by atoms with Crippen molar-refractivity contribution in [2.75, 3.05) is 19.6 Å². The fourth-order valence-corrected chi connectivity index (χ4v) is 2.87. The van der Waals surface area contributed by atoms with Gasteiger partial charge in [-0.15, -0.1) is 11.8 Å². The van der Waals surface area contributed by atoms with E-state index in [4.69, 9.17) is 0 Å². The number of nitrogens with one attached hydrogen (secondary N) is 1. The molecule has 104 valence electrons. The summed E-state index contributed by atoms with van der Waals surface area (Å²) in [6.45, 7) is 14.6. The van der Waals surface area contributed by atoms with Crippen LogP contribution in [0.2, 0.25) is 0 Å². The Morgan fingerprint density at radius 3 is 2.56 bits per heavy atom. The van der Waals surface area contributed by atoms with Crippen LogP contribution in [0.3, 0.4) is 0 Å². The van der Waals surface area contributed by atoms with Crippen molar-refractivity contribution in [3.63, 3.8) is 0 Å². The van der Waals surface area contributed by atoms with Gasteiger partial charge in [-0.1, -0.05) is 27.7 Å². The molecule has 2 unspecified atom stereocenters. The fraction of sp³-hybridized carbons (Fsp3) is 0.875. The van der Waals surface area contributed by atoms with E-state index < -0.39 is 0 Å². The molecule has 0 bridgehead atoms. The van der Waals surface area contributed by atoms with Crippen LogP contribution in [0.15, 0.2) is 0 Å². The first-order valence-electron chi connectivity index (χ1n) is 7.41. The van der Waals surface area contributed by atoms with Crippen LogP contribution in [-0.4, -0.2) is 36.6 Å². The summed E-state index contributed by atoms with van der Waals surface area (Å²) in [6.07, 6.45) is 2.29. The van der Waals surface area contributed by atoms with E-state index >= 15 is 0 Å². The molecular formula is C16H30N2. The normalized spacial score (nSPS) is 25.3. The lowest BCUT2D eigenvalue weighted by molar-refractivity contribution is 0.0946. The van der Waals surface area contributed by atoms with Gasteiger partial charge >= 0.3 is 0 Å². The van der Waals surface area contributed by atoms with Gasteiger partial charge in [-0.3, -0.25) is 4.90 Å². The number of rotatable bonds is 5. The second kappa shape index (κ2) is 7.81. The van der Waals surface area contributed by atoms with Crippen molar-refractivity contribution in [2.24, 2.45) is 11.8 Å². The lowest BCUT2D eigenvalue weighted by Gasteiger charge is -2.42. The van der Waals surface area contributed by atoms with Crippen LogP contribution in [0.4, 0.5) is 0 Å². The van der Waals surface area contributed by atoms with E-state index in [0.29, 0.717) is 18.0 Å². The van der Waals surface area contributed by atoms with Crippen molar-refractivity contribution in [3.8, 4) is 11.8 Å². The SMILES string of the molecule is CC#CCCN1CC(CC(C)C)NCC1C(C)C. The molecule has 0 spiro atoms. The molecule has 1 heterocycles. The number of piperazine rings is 1. The summed E-state index contributed by atoms with van der Waals surface area (Å²) in [5.41, 5.74) is 0. The van der Waals surface area contributed by atoms with Crippen molar-refractivity contribution in [1.82, 2.24) is 10.2 Å². The van der Waals surface area contributed by atoms with E-state index in [1.807, 2.05) is 6.92 Å². The standard InChI is InChI=1S/C16H30N2/c1-6-7-8-9-18-12-15(10-13(2)3)17-11-16(18)14(4)5/h13-17H,8-12H2,1-5H3. The first-order valence-corrected chi connectivity index (χ1v) is 7.41. The molecule has 1 aliphatic heterocycles. The summed E-state index contributed by atoms with van der Waals surface area (Å²) in [6, 6.07) is 1.33. The topological polar surface area (TPSA) is 15.3 Å². The lowest BCUT2D eigenvalue weighted by Crippen LogP contribution is -2.58. The number of hydrogen-bond acceptors (Lipinski definition) is 2. The average molecular weight is 250 g/mol. The molecule has 0 aromatic heterocycles. The molecule has 2 heteroatoms. The molecule has 1 saturated heterocycles. The maximum atomic E-state index is 3.72. The largest absolute Gasteiger partial charge is 0.311 e. The van der Waals surface area contributed by atoms with Gasteiger partial charge in [0.1, 0.15) is 0 Å². The number of hydrogen-bond donors (Lipinski definition) is 1. The van der Waals surface area contributed by atoms with Gasteiger partial charge in [0.15, 0.2) is 0 Å². The van der Waals surface area contributed by atoms with Crippen LogP contribution in [0.1, 0.15) is 47.5 Å². The molecular weight excluding hydrogens is 220 g/mol. The van der Waals surface area contributed by atoms with E-state index in [2.05, 4.69) is 49.8 Å². The molecule has 0 aromatic carbocycles. The van der Waals surface area contributed by atoms with Crippen molar-refractivity contribution in [3.05, 3.63) is 0 Å². The Hall–Kier alpha value is -0.520. The Morgan fingerprint density at radius 1 is 1.28 bits per heavy atom. The Labute approximate surface area is 114 Å². The average Bonchev–Trinajstić information content (AvgIpc) is 2.28.